The van der Waals surface area contributed by atoms with E-state index in [4.69, 9.17) is 10.0 Å². The molecule has 1 atom stereocenters. The average molecular weight is 140 g/mol. The summed E-state index contributed by atoms with van der Waals surface area (Å²) in [5, 5.41) is 17.5. The summed E-state index contributed by atoms with van der Waals surface area (Å²) in [6.07, 6.45) is 4.87. The van der Waals surface area contributed by atoms with E-state index in [0.29, 0.717) is 5.92 Å². The average Bonchev–Trinajstić information content (AvgIpc) is 1.88. The second kappa shape index (κ2) is 3.22. The van der Waals surface area contributed by atoms with Crippen LogP contribution in [0.5, 0.6) is 0 Å². The highest BCUT2D eigenvalue weighted by Gasteiger charge is 2.18. The third kappa shape index (κ3) is 1.85. The van der Waals surface area contributed by atoms with Crippen molar-refractivity contribution in [2.24, 2.45) is 5.92 Å². The Morgan fingerprint density at radius 1 is 1.60 bits per heavy atom. The zero-order valence-corrected chi connectivity index (χ0v) is 6.25. The lowest BCUT2D eigenvalue weighted by atomic mass is 9.72. The van der Waals surface area contributed by atoms with Crippen molar-refractivity contribution in [3.8, 4) is 0 Å². The van der Waals surface area contributed by atoms with Crippen molar-refractivity contribution in [3.05, 3.63) is 11.5 Å². The summed E-state index contributed by atoms with van der Waals surface area (Å²) in [6.45, 7) is 2.18. The van der Waals surface area contributed by atoms with Gasteiger partial charge in [0.05, 0.1) is 0 Å². The molecule has 0 aliphatic heterocycles. The van der Waals surface area contributed by atoms with E-state index in [1.165, 1.54) is 0 Å². The second-order valence-electron chi connectivity index (χ2n) is 3.03. The Morgan fingerprint density at radius 2 is 2.30 bits per heavy atom. The van der Waals surface area contributed by atoms with Crippen molar-refractivity contribution < 1.29 is 10.0 Å². The van der Waals surface area contributed by atoms with Crippen molar-refractivity contribution >= 4 is 7.12 Å². The predicted octanol–water partition coefficient (Wildman–Crippen LogP) is 0.745. The van der Waals surface area contributed by atoms with Gasteiger partial charge in [0.15, 0.2) is 0 Å². The fourth-order valence-corrected chi connectivity index (χ4v) is 1.22. The summed E-state index contributed by atoms with van der Waals surface area (Å²) in [6, 6.07) is 0. The molecule has 0 bridgehead atoms. The molecule has 0 unspecified atom stereocenters. The summed E-state index contributed by atoms with van der Waals surface area (Å²) >= 11 is 0. The molecule has 0 saturated carbocycles. The van der Waals surface area contributed by atoms with E-state index in [1.807, 2.05) is 6.08 Å². The van der Waals surface area contributed by atoms with Crippen LogP contribution in [0.3, 0.4) is 0 Å². The Kier molecular flexibility index (Phi) is 2.52. The van der Waals surface area contributed by atoms with Crippen molar-refractivity contribution in [2.75, 3.05) is 0 Å². The monoisotopic (exact) mass is 140 g/mol. The quantitative estimate of drug-likeness (QED) is 0.527. The van der Waals surface area contributed by atoms with Crippen LogP contribution in [0.4, 0.5) is 0 Å². The summed E-state index contributed by atoms with van der Waals surface area (Å²) in [4.78, 5) is 0. The van der Waals surface area contributed by atoms with Crippen molar-refractivity contribution in [3.63, 3.8) is 0 Å². The van der Waals surface area contributed by atoms with Gasteiger partial charge in [-0.05, 0) is 30.7 Å². The molecule has 2 N–H and O–H groups in total. The highest BCUT2D eigenvalue weighted by atomic mass is 16.4. The number of hydrogen-bond donors (Lipinski definition) is 2. The van der Waals surface area contributed by atoms with Crippen LogP contribution in [0.15, 0.2) is 11.5 Å². The first-order valence-corrected chi connectivity index (χ1v) is 3.75. The van der Waals surface area contributed by atoms with E-state index in [1.54, 1.807) is 0 Å². The third-order valence-electron chi connectivity index (χ3n) is 2.04. The van der Waals surface area contributed by atoms with E-state index in [0.717, 1.165) is 24.7 Å². The molecule has 0 aromatic heterocycles. The van der Waals surface area contributed by atoms with Crippen LogP contribution < -0.4 is 0 Å². The lowest BCUT2D eigenvalue weighted by molar-refractivity contribution is 0.408. The zero-order chi connectivity index (χ0) is 7.56. The van der Waals surface area contributed by atoms with Crippen molar-refractivity contribution in [1.29, 1.82) is 0 Å². The molecule has 10 heavy (non-hydrogen) atoms. The fourth-order valence-electron chi connectivity index (χ4n) is 1.22. The molecule has 3 heteroatoms. The van der Waals surface area contributed by atoms with Crippen molar-refractivity contribution in [2.45, 2.75) is 26.2 Å². The molecule has 0 saturated heterocycles. The Hall–Kier alpha value is -0.275. The first-order chi connectivity index (χ1) is 4.70. The normalized spacial score (nSPS) is 25.9. The van der Waals surface area contributed by atoms with Crippen LogP contribution in [-0.2, 0) is 0 Å². The van der Waals surface area contributed by atoms with E-state index < -0.39 is 7.12 Å². The molecule has 1 aliphatic carbocycles. The van der Waals surface area contributed by atoms with Gasteiger partial charge < -0.3 is 10.0 Å². The van der Waals surface area contributed by atoms with E-state index in [-0.39, 0.29) is 0 Å². The largest absolute Gasteiger partial charge is 0.483 e. The lowest BCUT2D eigenvalue weighted by Crippen LogP contribution is -2.18. The first kappa shape index (κ1) is 7.83. The van der Waals surface area contributed by atoms with Gasteiger partial charge in [0.25, 0.3) is 0 Å². The SMILES string of the molecule is C[C@H]1CC=C(B(O)O)CC1. The lowest BCUT2D eigenvalue weighted by Gasteiger charge is -2.17. The van der Waals surface area contributed by atoms with Gasteiger partial charge in [-0.1, -0.05) is 13.0 Å². The molecule has 1 aliphatic rings. The van der Waals surface area contributed by atoms with Crippen LogP contribution in [0.1, 0.15) is 26.2 Å². The summed E-state index contributed by atoms with van der Waals surface area (Å²) in [7, 11) is -1.22. The molecule has 0 aromatic carbocycles. The van der Waals surface area contributed by atoms with Crippen LogP contribution in [0.2, 0.25) is 0 Å². The Balaban J connectivity index is 2.48. The van der Waals surface area contributed by atoms with E-state index >= 15 is 0 Å². The molecule has 56 valence electrons. The van der Waals surface area contributed by atoms with Gasteiger partial charge in [-0.2, -0.15) is 0 Å². The number of hydrogen-bond acceptors (Lipinski definition) is 2. The summed E-state index contributed by atoms with van der Waals surface area (Å²) in [5.41, 5.74) is 0.790. The molecule has 0 spiro atoms. The van der Waals surface area contributed by atoms with Gasteiger partial charge in [0.2, 0.25) is 0 Å². The minimum atomic E-state index is -1.22. The standard InChI is InChI=1S/C7H13BO2/c1-6-2-4-7(5-3-6)8(9)10/h4,6,9-10H,2-3,5H2,1H3/t6-/m0/s1. The molecular formula is C7H13BO2. The molecule has 0 fully saturated rings. The van der Waals surface area contributed by atoms with E-state index in [9.17, 15) is 0 Å². The van der Waals surface area contributed by atoms with Crippen LogP contribution in [0, 0.1) is 5.92 Å². The van der Waals surface area contributed by atoms with Gasteiger partial charge >= 0.3 is 7.12 Å². The Morgan fingerprint density at radius 3 is 2.70 bits per heavy atom. The number of rotatable bonds is 1. The molecule has 0 amide bonds. The van der Waals surface area contributed by atoms with Gasteiger partial charge in [0, 0.05) is 0 Å². The zero-order valence-electron chi connectivity index (χ0n) is 6.25. The predicted molar refractivity (Wildman–Crippen MR) is 41.3 cm³/mol. The Bertz CT molecular complexity index is 143. The van der Waals surface area contributed by atoms with Gasteiger partial charge in [-0.3, -0.25) is 0 Å². The molecular weight excluding hydrogens is 127 g/mol. The topological polar surface area (TPSA) is 40.5 Å². The highest BCUT2D eigenvalue weighted by molar-refractivity contribution is 6.50. The maximum absolute atomic E-state index is 8.75. The smallest absolute Gasteiger partial charge is 0.423 e. The molecule has 0 radical (unpaired) electrons. The fraction of sp³-hybridized carbons (Fsp3) is 0.714. The van der Waals surface area contributed by atoms with E-state index in [2.05, 4.69) is 6.92 Å². The van der Waals surface area contributed by atoms with Gasteiger partial charge in [-0.25, -0.2) is 0 Å². The van der Waals surface area contributed by atoms with Crippen LogP contribution in [-0.4, -0.2) is 17.2 Å². The van der Waals surface area contributed by atoms with Crippen molar-refractivity contribution in [1.82, 2.24) is 0 Å². The van der Waals surface area contributed by atoms with Crippen LogP contribution in [0.25, 0.3) is 0 Å². The van der Waals surface area contributed by atoms with Gasteiger partial charge in [0.1, 0.15) is 0 Å². The minimum Gasteiger partial charge on any atom is -0.423 e. The molecule has 0 aromatic rings. The molecule has 2 nitrogen and oxygen atoms in total. The number of allylic oxidation sites excluding steroid dienone is 2. The summed E-state index contributed by atoms with van der Waals surface area (Å²) in [5.74, 6) is 0.711. The summed E-state index contributed by atoms with van der Waals surface area (Å²) < 4.78 is 0. The minimum absolute atomic E-state index is 0.711. The third-order valence-corrected chi connectivity index (χ3v) is 2.04. The molecule has 0 heterocycles. The maximum atomic E-state index is 8.75. The van der Waals surface area contributed by atoms with Crippen LogP contribution >= 0.6 is 0 Å². The second-order valence-corrected chi connectivity index (χ2v) is 3.03. The van der Waals surface area contributed by atoms with Gasteiger partial charge in [-0.15, -0.1) is 0 Å². The molecule has 1 rings (SSSR count). The first-order valence-electron chi connectivity index (χ1n) is 3.75. The maximum Gasteiger partial charge on any atom is 0.483 e. The highest BCUT2D eigenvalue weighted by Crippen LogP contribution is 2.22. The Labute approximate surface area is 61.7 Å².